The summed E-state index contributed by atoms with van der Waals surface area (Å²) in [5.41, 5.74) is 3.88. The second-order valence-electron chi connectivity index (χ2n) is 10.4. The van der Waals surface area contributed by atoms with Gasteiger partial charge in [0.05, 0.1) is 13.2 Å². The maximum atomic E-state index is 12.4. The molecule has 2 saturated heterocycles. The second kappa shape index (κ2) is 10.2. The highest BCUT2D eigenvalue weighted by atomic mass is 16.6. The molecule has 184 valence electrons. The Labute approximate surface area is 202 Å². The van der Waals surface area contributed by atoms with Gasteiger partial charge in [0.25, 0.3) is 0 Å². The minimum atomic E-state index is -0.476. The van der Waals surface area contributed by atoms with Gasteiger partial charge < -0.3 is 24.4 Å². The maximum Gasteiger partial charge on any atom is 0.410 e. The number of carbonyl (C=O) groups is 1. The summed E-state index contributed by atoms with van der Waals surface area (Å²) < 4.78 is 11.6. The van der Waals surface area contributed by atoms with E-state index in [4.69, 9.17) is 9.47 Å². The van der Waals surface area contributed by atoms with E-state index in [9.17, 15) is 9.90 Å². The predicted molar refractivity (Wildman–Crippen MR) is 132 cm³/mol. The molecule has 7 nitrogen and oxygen atoms in total. The maximum absolute atomic E-state index is 12.4. The van der Waals surface area contributed by atoms with Crippen molar-refractivity contribution in [2.24, 2.45) is 0 Å². The molecule has 0 bridgehead atoms. The smallest absolute Gasteiger partial charge is 0.410 e. The average molecular weight is 468 g/mol. The predicted octanol–water partition coefficient (Wildman–Crippen LogP) is 4.65. The number of aliphatic hydroxyl groups is 1. The van der Waals surface area contributed by atoms with Crippen LogP contribution in [0.15, 0.2) is 36.5 Å². The van der Waals surface area contributed by atoms with Crippen LogP contribution in [0.2, 0.25) is 0 Å². The Kier molecular flexibility index (Phi) is 7.31. The number of benzene rings is 1. The molecule has 34 heavy (non-hydrogen) atoms. The van der Waals surface area contributed by atoms with E-state index in [0.29, 0.717) is 24.9 Å². The number of aliphatic hydroxyl groups excluding tert-OH is 1. The number of hydrogen-bond acceptors (Lipinski definition) is 6. The molecule has 1 aromatic heterocycles. The number of amides is 1. The topological polar surface area (TPSA) is 75.1 Å². The van der Waals surface area contributed by atoms with Gasteiger partial charge in [-0.05, 0) is 63.6 Å². The van der Waals surface area contributed by atoms with E-state index < -0.39 is 5.60 Å². The van der Waals surface area contributed by atoms with Crippen molar-refractivity contribution in [3.63, 3.8) is 0 Å². The molecule has 0 radical (unpaired) electrons. The van der Waals surface area contributed by atoms with Crippen molar-refractivity contribution in [1.29, 1.82) is 0 Å². The molecule has 0 saturated carbocycles. The van der Waals surface area contributed by atoms with Crippen LogP contribution in [-0.2, 0) is 11.3 Å². The first-order valence-corrected chi connectivity index (χ1v) is 12.3. The van der Waals surface area contributed by atoms with Crippen LogP contribution in [0.1, 0.15) is 62.6 Å². The molecule has 7 heteroatoms. The van der Waals surface area contributed by atoms with Gasteiger partial charge >= 0.3 is 6.09 Å². The number of likely N-dealkylation sites (tertiary alicyclic amines) is 1. The third-order valence-corrected chi connectivity index (χ3v) is 6.55. The van der Waals surface area contributed by atoms with E-state index in [0.717, 1.165) is 49.2 Å². The number of nitrogens with zero attached hydrogens (tertiary/aromatic N) is 3. The van der Waals surface area contributed by atoms with Crippen molar-refractivity contribution in [3.05, 3.63) is 53.2 Å². The number of hydrogen-bond donors (Lipinski definition) is 1. The average Bonchev–Trinajstić information content (AvgIpc) is 3.27. The van der Waals surface area contributed by atoms with Crippen LogP contribution in [0, 0.1) is 6.92 Å². The van der Waals surface area contributed by atoms with Crippen LogP contribution in [0.3, 0.4) is 0 Å². The van der Waals surface area contributed by atoms with Crippen LogP contribution in [0.5, 0.6) is 5.88 Å². The van der Waals surface area contributed by atoms with Gasteiger partial charge in [0, 0.05) is 49.6 Å². The van der Waals surface area contributed by atoms with Crippen molar-refractivity contribution in [1.82, 2.24) is 9.88 Å². The van der Waals surface area contributed by atoms with E-state index in [1.165, 1.54) is 5.56 Å². The van der Waals surface area contributed by atoms with Crippen LogP contribution >= 0.6 is 0 Å². The molecular formula is C27H37N3O4. The van der Waals surface area contributed by atoms with Crippen molar-refractivity contribution < 1.29 is 19.4 Å². The molecule has 1 aromatic carbocycles. The fourth-order valence-electron chi connectivity index (χ4n) is 4.75. The molecule has 2 aromatic rings. The van der Waals surface area contributed by atoms with Crippen molar-refractivity contribution in [3.8, 4) is 5.88 Å². The van der Waals surface area contributed by atoms with Crippen LogP contribution < -0.4 is 9.64 Å². The third kappa shape index (κ3) is 6.00. The highest BCUT2D eigenvalue weighted by Gasteiger charge is 2.29. The summed E-state index contributed by atoms with van der Waals surface area (Å²) in [4.78, 5) is 20.8. The largest absolute Gasteiger partial charge is 0.472 e. The van der Waals surface area contributed by atoms with E-state index >= 15 is 0 Å². The normalized spacial score (nSPS) is 19.4. The zero-order valence-corrected chi connectivity index (χ0v) is 20.8. The quantitative estimate of drug-likeness (QED) is 0.690. The highest BCUT2D eigenvalue weighted by molar-refractivity contribution is 5.68. The highest BCUT2D eigenvalue weighted by Crippen LogP contribution is 2.33. The Morgan fingerprint density at radius 1 is 1.12 bits per heavy atom. The standard InChI is InChI=1S/C27H37N3O4/c1-19-5-8-25(28-16-19)33-23-11-14-30(17-23)24-7-6-21(15-22(24)18-31)20-9-12-29(13-10-20)26(32)34-27(2,3)4/h5-8,15-16,20,23,31H,9-14,17-18H2,1-4H3/t23-/m0/s1. The minimum Gasteiger partial charge on any atom is -0.472 e. The van der Waals surface area contributed by atoms with E-state index in [1.54, 1.807) is 4.90 Å². The molecule has 1 N–H and O–H groups in total. The first-order chi connectivity index (χ1) is 16.2. The lowest BCUT2D eigenvalue weighted by Crippen LogP contribution is -2.41. The fraction of sp³-hybridized carbons (Fsp3) is 0.556. The number of ether oxygens (including phenoxy) is 2. The summed E-state index contributed by atoms with van der Waals surface area (Å²) in [6, 6.07) is 10.4. The lowest BCUT2D eigenvalue weighted by Gasteiger charge is -2.34. The first kappa shape index (κ1) is 24.3. The SMILES string of the molecule is Cc1ccc(O[C@H]2CCN(c3ccc(C4CCN(C(=O)OC(C)(C)C)CC4)cc3CO)C2)nc1. The van der Waals surface area contributed by atoms with E-state index in [-0.39, 0.29) is 18.8 Å². The van der Waals surface area contributed by atoms with Gasteiger partial charge in [0.15, 0.2) is 0 Å². The number of aromatic nitrogens is 1. The Balaban J connectivity index is 1.36. The van der Waals surface area contributed by atoms with Crippen molar-refractivity contribution >= 4 is 11.8 Å². The summed E-state index contributed by atoms with van der Waals surface area (Å²) in [7, 11) is 0. The summed E-state index contributed by atoms with van der Waals surface area (Å²) in [5.74, 6) is 1.04. The number of pyridine rings is 1. The van der Waals surface area contributed by atoms with Gasteiger partial charge in [-0.1, -0.05) is 18.2 Å². The van der Waals surface area contributed by atoms with E-state index in [2.05, 4.69) is 28.1 Å². The molecule has 2 aliphatic heterocycles. The van der Waals surface area contributed by atoms with Crippen molar-refractivity contribution in [2.75, 3.05) is 31.1 Å². The molecule has 2 aliphatic rings. The number of aryl methyl sites for hydroxylation is 1. The Hall–Kier alpha value is -2.80. The molecule has 1 amide bonds. The molecule has 3 heterocycles. The second-order valence-corrected chi connectivity index (χ2v) is 10.4. The van der Waals surface area contributed by atoms with Gasteiger partial charge in [0.1, 0.15) is 11.7 Å². The van der Waals surface area contributed by atoms with Crippen LogP contribution in [-0.4, -0.2) is 59.0 Å². The Bertz CT molecular complexity index is 978. The fourth-order valence-corrected chi connectivity index (χ4v) is 4.75. The van der Waals surface area contributed by atoms with Gasteiger partial charge in [-0.3, -0.25) is 0 Å². The van der Waals surface area contributed by atoms with Crippen LogP contribution in [0.4, 0.5) is 10.5 Å². The molecule has 0 spiro atoms. The number of rotatable bonds is 5. The van der Waals surface area contributed by atoms with Gasteiger partial charge in [-0.25, -0.2) is 9.78 Å². The molecule has 2 fully saturated rings. The summed E-state index contributed by atoms with van der Waals surface area (Å²) >= 11 is 0. The van der Waals surface area contributed by atoms with Crippen LogP contribution in [0.25, 0.3) is 0 Å². The number of anilines is 1. The number of piperidine rings is 1. The zero-order valence-electron chi connectivity index (χ0n) is 20.8. The van der Waals surface area contributed by atoms with Gasteiger partial charge in [0.2, 0.25) is 5.88 Å². The van der Waals surface area contributed by atoms with E-state index in [1.807, 2.05) is 46.0 Å². The van der Waals surface area contributed by atoms with Gasteiger partial charge in [-0.15, -0.1) is 0 Å². The summed E-state index contributed by atoms with van der Waals surface area (Å²) in [6.45, 7) is 10.7. The Morgan fingerprint density at radius 2 is 1.88 bits per heavy atom. The summed E-state index contributed by atoms with van der Waals surface area (Å²) in [5, 5.41) is 10.1. The molecule has 1 atom stereocenters. The van der Waals surface area contributed by atoms with Gasteiger partial charge in [-0.2, -0.15) is 0 Å². The summed E-state index contributed by atoms with van der Waals surface area (Å²) in [6.07, 6.45) is 4.38. The molecule has 4 rings (SSSR count). The zero-order chi connectivity index (χ0) is 24.3. The monoisotopic (exact) mass is 467 g/mol. The molecule has 0 aliphatic carbocycles. The molecule has 0 unspecified atom stereocenters. The lowest BCUT2D eigenvalue weighted by atomic mass is 9.88. The third-order valence-electron chi connectivity index (χ3n) is 6.55. The minimum absolute atomic E-state index is 0.00146. The Morgan fingerprint density at radius 3 is 2.53 bits per heavy atom. The lowest BCUT2D eigenvalue weighted by molar-refractivity contribution is 0.0205. The number of carbonyl (C=O) groups excluding carboxylic acids is 1. The molecular weight excluding hydrogens is 430 g/mol. The first-order valence-electron chi connectivity index (χ1n) is 12.3. The van der Waals surface area contributed by atoms with Crippen molar-refractivity contribution in [2.45, 2.75) is 71.2 Å².